The van der Waals surface area contributed by atoms with Crippen LogP contribution in [-0.2, 0) is 6.42 Å². The van der Waals surface area contributed by atoms with E-state index in [1.807, 2.05) is 18.2 Å². The van der Waals surface area contributed by atoms with Crippen LogP contribution in [0.1, 0.15) is 29.4 Å². The Hall–Kier alpha value is -2.43. The lowest BCUT2D eigenvalue weighted by Crippen LogP contribution is -2.34. The van der Waals surface area contributed by atoms with E-state index in [-0.39, 0.29) is 11.7 Å². The molecule has 2 heterocycles. The van der Waals surface area contributed by atoms with Crippen LogP contribution in [0.4, 0.5) is 11.5 Å². The van der Waals surface area contributed by atoms with Crippen LogP contribution in [0, 0.1) is 0 Å². The van der Waals surface area contributed by atoms with Crippen LogP contribution in [0.5, 0.6) is 0 Å². The van der Waals surface area contributed by atoms with Crippen molar-refractivity contribution in [3.8, 4) is 0 Å². The number of rotatable bonds is 2. The minimum absolute atomic E-state index is 0.0299. The van der Waals surface area contributed by atoms with Crippen LogP contribution in [0.3, 0.4) is 0 Å². The first-order valence-electron chi connectivity index (χ1n) is 6.59. The van der Waals surface area contributed by atoms with Crippen molar-refractivity contribution in [2.45, 2.75) is 25.8 Å². The Bertz CT molecular complexity index is 657. The monoisotopic (exact) mass is 269 g/mol. The Morgan fingerprint density at radius 3 is 2.95 bits per heavy atom. The molecule has 1 aliphatic heterocycles. The highest BCUT2D eigenvalue weighted by atomic mass is 16.4. The van der Waals surface area contributed by atoms with E-state index in [9.17, 15) is 4.79 Å². The fourth-order valence-electron chi connectivity index (χ4n) is 2.61. The molecule has 1 atom stereocenters. The lowest BCUT2D eigenvalue weighted by Gasteiger charge is -2.36. The zero-order valence-electron chi connectivity index (χ0n) is 11.2. The lowest BCUT2D eigenvalue weighted by molar-refractivity contribution is 0.0690. The molecule has 0 fully saturated rings. The van der Waals surface area contributed by atoms with E-state index in [0.717, 1.165) is 18.5 Å². The molecule has 1 N–H and O–H groups in total. The second kappa shape index (κ2) is 4.92. The molecule has 2 aromatic rings. The van der Waals surface area contributed by atoms with E-state index >= 15 is 0 Å². The van der Waals surface area contributed by atoms with Crippen LogP contribution in [0.2, 0.25) is 0 Å². The molecule has 0 aliphatic carbocycles. The van der Waals surface area contributed by atoms with Crippen LogP contribution in [-0.4, -0.2) is 27.1 Å². The van der Waals surface area contributed by atoms with E-state index in [1.54, 1.807) is 6.20 Å². The fourth-order valence-corrected chi connectivity index (χ4v) is 2.61. The Morgan fingerprint density at radius 2 is 2.15 bits per heavy atom. The Morgan fingerprint density at radius 1 is 1.35 bits per heavy atom. The number of hydrogen-bond acceptors (Lipinski definition) is 4. The van der Waals surface area contributed by atoms with Gasteiger partial charge in [-0.05, 0) is 31.4 Å². The molecule has 1 aliphatic rings. The molecule has 5 nitrogen and oxygen atoms in total. The largest absolute Gasteiger partial charge is 0.476 e. The minimum Gasteiger partial charge on any atom is -0.476 e. The molecule has 20 heavy (non-hydrogen) atoms. The van der Waals surface area contributed by atoms with E-state index in [0.29, 0.717) is 5.82 Å². The van der Waals surface area contributed by atoms with E-state index in [4.69, 9.17) is 5.11 Å². The predicted molar refractivity (Wildman–Crippen MR) is 75.4 cm³/mol. The number of hydrogen-bond donors (Lipinski definition) is 1. The molecule has 0 radical (unpaired) electrons. The third kappa shape index (κ3) is 2.11. The Balaban J connectivity index is 2.09. The zero-order valence-corrected chi connectivity index (χ0v) is 11.2. The molecule has 5 heteroatoms. The molecule has 0 saturated carbocycles. The van der Waals surface area contributed by atoms with Crippen molar-refractivity contribution in [1.82, 2.24) is 9.97 Å². The number of benzene rings is 1. The first kappa shape index (κ1) is 12.6. The fraction of sp³-hybridized carbons (Fsp3) is 0.267. The molecule has 1 aromatic heterocycles. The van der Waals surface area contributed by atoms with Gasteiger partial charge in [-0.1, -0.05) is 18.2 Å². The van der Waals surface area contributed by atoms with Gasteiger partial charge in [-0.3, -0.25) is 4.98 Å². The number of carboxylic acid groups (broad SMARTS) is 1. The summed E-state index contributed by atoms with van der Waals surface area (Å²) in [5.41, 5.74) is 2.31. The van der Waals surface area contributed by atoms with E-state index in [1.165, 1.54) is 11.8 Å². The summed E-state index contributed by atoms with van der Waals surface area (Å²) >= 11 is 0. The summed E-state index contributed by atoms with van der Waals surface area (Å²) < 4.78 is 0. The second-order valence-electron chi connectivity index (χ2n) is 4.95. The highest BCUT2D eigenvalue weighted by Gasteiger charge is 2.25. The molecule has 1 unspecified atom stereocenters. The van der Waals surface area contributed by atoms with Crippen molar-refractivity contribution in [3.05, 3.63) is 47.9 Å². The number of fused-ring (bicyclic) bond motifs is 1. The van der Waals surface area contributed by atoms with Crippen LogP contribution >= 0.6 is 0 Å². The maximum atomic E-state index is 11.0. The van der Waals surface area contributed by atoms with Gasteiger partial charge < -0.3 is 10.0 Å². The third-order valence-electron chi connectivity index (χ3n) is 3.61. The molecule has 0 amide bonds. The maximum Gasteiger partial charge on any atom is 0.356 e. The molecule has 3 rings (SSSR count). The topological polar surface area (TPSA) is 66.3 Å². The van der Waals surface area contributed by atoms with Crippen molar-refractivity contribution >= 4 is 17.5 Å². The predicted octanol–water partition coefficient (Wildman–Crippen LogP) is 2.65. The van der Waals surface area contributed by atoms with Gasteiger partial charge in [0, 0.05) is 11.7 Å². The molecule has 102 valence electrons. The number of aromatic carboxylic acids is 1. The number of aromatic nitrogens is 2. The highest BCUT2D eigenvalue weighted by Crippen LogP contribution is 2.35. The number of anilines is 2. The van der Waals surface area contributed by atoms with Gasteiger partial charge in [-0.25, -0.2) is 9.78 Å². The number of nitrogens with zero attached hydrogens (tertiary/aromatic N) is 3. The van der Waals surface area contributed by atoms with Gasteiger partial charge in [0.1, 0.15) is 0 Å². The van der Waals surface area contributed by atoms with Crippen molar-refractivity contribution in [1.29, 1.82) is 0 Å². The summed E-state index contributed by atoms with van der Waals surface area (Å²) in [6.45, 7) is 2.12. The molecule has 0 saturated heterocycles. The maximum absolute atomic E-state index is 11.0. The van der Waals surface area contributed by atoms with Gasteiger partial charge >= 0.3 is 5.97 Å². The van der Waals surface area contributed by atoms with Gasteiger partial charge in [-0.2, -0.15) is 0 Å². The van der Waals surface area contributed by atoms with Gasteiger partial charge in [-0.15, -0.1) is 0 Å². The van der Waals surface area contributed by atoms with Crippen molar-refractivity contribution in [2.75, 3.05) is 4.90 Å². The number of aryl methyl sites for hydroxylation is 1. The molecular weight excluding hydrogens is 254 g/mol. The van der Waals surface area contributed by atoms with Crippen LogP contribution in [0.25, 0.3) is 0 Å². The molecule has 0 spiro atoms. The summed E-state index contributed by atoms with van der Waals surface area (Å²) in [7, 11) is 0. The normalized spacial score (nSPS) is 17.6. The van der Waals surface area contributed by atoms with Crippen molar-refractivity contribution < 1.29 is 9.90 Å². The first-order valence-corrected chi connectivity index (χ1v) is 6.59. The van der Waals surface area contributed by atoms with Gasteiger partial charge in [0.15, 0.2) is 11.5 Å². The third-order valence-corrected chi connectivity index (χ3v) is 3.61. The number of carboxylic acids is 1. The summed E-state index contributed by atoms with van der Waals surface area (Å²) in [6, 6.07) is 8.41. The summed E-state index contributed by atoms with van der Waals surface area (Å²) in [4.78, 5) is 21.3. The standard InChI is InChI=1S/C15H15N3O2/c1-10-6-7-11-4-2-3-5-13(11)18(10)14-9-16-8-12(17-14)15(19)20/h2-5,8-10H,6-7H2,1H3,(H,19,20). The van der Waals surface area contributed by atoms with E-state index < -0.39 is 5.97 Å². The van der Waals surface area contributed by atoms with Crippen molar-refractivity contribution in [2.24, 2.45) is 0 Å². The molecule has 1 aromatic carbocycles. The molecular formula is C15H15N3O2. The minimum atomic E-state index is -1.06. The Kier molecular flexibility index (Phi) is 3.10. The Labute approximate surface area is 116 Å². The van der Waals surface area contributed by atoms with Crippen LogP contribution in [0.15, 0.2) is 36.7 Å². The summed E-state index contributed by atoms with van der Waals surface area (Å²) in [5, 5.41) is 9.05. The average molecular weight is 269 g/mol. The van der Waals surface area contributed by atoms with Crippen LogP contribution < -0.4 is 4.90 Å². The van der Waals surface area contributed by atoms with Crippen molar-refractivity contribution in [3.63, 3.8) is 0 Å². The average Bonchev–Trinajstić information content (AvgIpc) is 2.47. The zero-order chi connectivity index (χ0) is 14.1. The molecule has 0 bridgehead atoms. The number of carbonyl (C=O) groups is 1. The van der Waals surface area contributed by atoms with Gasteiger partial charge in [0.2, 0.25) is 0 Å². The highest BCUT2D eigenvalue weighted by molar-refractivity contribution is 5.85. The smallest absolute Gasteiger partial charge is 0.356 e. The van der Waals surface area contributed by atoms with E-state index in [2.05, 4.69) is 27.9 Å². The van der Waals surface area contributed by atoms with Gasteiger partial charge in [0.25, 0.3) is 0 Å². The number of para-hydroxylation sites is 1. The van der Waals surface area contributed by atoms with Gasteiger partial charge in [0.05, 0.1) is 12.4 Å². The second-order valence-corrected chi connectivity index (χ2v) is 4.95. The SMILES string of the molecule is CC1CCc2ccccc2N1c1cncc(C(=O)O)n1. The lowest BCUT2D eigenvalue weighted by atomic mass is 9.97. The quantitative estimate of drug-likeness (QED) is 0.907. The summed E-state index contributed by atoms with van der Waals surface area (Å²) in [6.07, 6.45) is 4.92. The summed E-state index contributed by atoms with van der Waals surface area (Å²) in [5.74, 6) is -0.471. The first-order chi connectivity index (χ1) is 9.66.